The number of hydrogen-bond donors (Lipinski definition) is 3. The van der Waals surface area contributed by atoms with E-state index in [9.17, 15) is 10.2 Å². The third-order valence-corrected chi connectivity index (χ3v) is 4.08. The normalized spacial score (nSPS) is 27.6. The van der Waals surface area contributed by atoms with Crippen LogP contribution in [-0.2, 0) is 4.74 Å². The van der Waals surface area contributed by atoms with Gasteiger partial charge in [-0.15, -0.1) is 0 Å². The fraction of sp³-hybridized carbons (Fsp3) is 1.00. The van der Waals surface area contributed by atoms with Gasteiger partial charge in [-0.3, -0.25) is 0 Å². The van der Waals surface area contributed by atoms with E-state index in [1.54, 1.807) is 6.92 Å². The second-order valence-electron chi connectivity index (χ2n) is 7.15. The molecule has 0 amide bonds. The van der Waals surface area contributed by atoms with E-state index in [4.69, 9.17) is 4.74 Å². The summed E-state index contributed by atoms with van der Waals surface area (Å²) in [7, 11) is 3.87. The van der Waals surface area contributed by atoms with E-state index in [1.807, 2.05) is 19.0 Å². The molecule has 3 N–H and O–H groups in total. The minimum atomic E-state index is -0.790. The van der Waals surface area contributed by atoms with Crippen LogP contribution in [0.25, 0.3) is 0 Å². The topological polar surface area (TPSA) is 65.0 Å². The summed E-state index contributed by atoms with van der Waals surface area (Å²) in [4.78, 5) is 1.95. The van der Waals surface area contributed by atoms with Crippen LogP contribution < -0.4 is 5.32 Å². The molecule has 1 fully saturated rings. The van der Waals surface area contributed by atoms with Crippen LogP contribution in [0.4, 0.5) is 0 Å². The van der Waals surface area contributed by atoms with Gasteiger partial charge in [0.05, 0.1) is 24.4 Å². The molecule has 0 radical (unpaired) electrons. The van der Waals surface area contributed by atoms with Crippen LogP contribution >= 0.6 is 0 Å². The summed E-state index contributed by atoms with van der Waals surface area (Å²) in [5.74, 6) is 0.597. The van der Waals surface area contributed by atoms with Crippen LogP contribution in [0.1, 0.15) is 39.5 Å². The zero-order valence-corrected chi connectivity index (χ0v) is 14.1. The highest BCUT2D eigenvalue weighted by Crippen LogP contribution is 2.26. The standard InChI is InChI=1S/C16H34N2O3/c1-13-7-5-6-8-15(13)21-10-14(19)9-17-11-16(2,20)12-18(3)4/h13-15,17,19-20H,5-12H2,1-4H3. The first kappa shape index (κ1) is 18.8. The van der Waals surface area contributed by atoms with Crippen molar-refractivity contribution in [2.24, 2.45) is 5.92 Å². The molecule has 0 spiro atoms. The SMILES string of the molecule is CC1CCCCC1OCC(O)CNCC(C)(O)CN(C)C. The van der Waals surface area contributed by atoms with Crippen LogP contribution in [0.2, 0.25) is 0 Å². The van der Waals surface area contributed by atoms with Gasteiger partial charge in [0, 0.05) is 19.6 Å². The smallest absolute Gasteiger partial charge is 0.0897 e. The van der Waals surface area contributed by atoms with E-state index in [-0.39, 0.29) is 0 Å². The minimum absolute atomic E-state index is 0.297. The quantitative estimate of drug-likeness (QED) is 0.589. The van der Waals surface area contributed by atoms with Gasteiger partial charge in [0.2, 0.25) is 0 Å². The zero-order chi connectivity index (χ0) is 15.9. The van der Waals surface area contributed by atoms with Crippen molar-refractivity contribution in [1.29, 1.82) is 0 Å². The number of hydrogen-bond acceptors (Lipinski definition) is 5. The minimum Gasteiger partial charge on any atom is -0.389 e. The van der Waals surface area contributed by atoms with Crippen molar-refractivity contribution in [2.45, 2.75) is 57.3 Å². The van der Waals surface area contributed by atoms with Gasteiger partial charge >= 0.3 is 0 Å². The molecule has 21 heavy (non-hydrogen) atoms. The predicted octanol–water partition coefficient (Wildman–Crippen LogP) is 0.845. The van der Waals surface area contributed by atoms with Gasteiger partial charge in [-0.25, -0.2) is 0 Å². The lowest BCUT2D eigenvalue weighted by molar-refractivity contribution is -0.0466. The van der Waals surface area contributed by atoms with Crippen molar-refractivity contribution in [3.8, 4) is 0 Å². The Morgan fingerprint density at radius 1 is 1.33 bits per heavy atom. The highest BCUT2D eigenvalue weighted by atomic mass is 16.5. The highest BCUT2D eigenvalue weighted by Gasteiger charge is 2.23. The van der Waals surface area contributed by atoms with Gasteiger partial charge in [-0.1, -0.05) is 19.8 Å². The molecule has 4 unspecified atom stereocenters. The monoisotopic (exact) mass is 302 g/mol. The van der Waals surface area contributed by atoms with Crippen molar-refractivity contribution in [3.63, 3.8) is 0 Å². The number of likely N-dealkylation sites (N-methyl/N-ethyl adjacent to an activating group) is 1. The van der Waals surface area contributed by atoms with Crippen LogP contribution in [0.3, 0.4) is 0 Å². The van der Waals surface area contributed by atoms with Gasteiger partial charge in [0.25, 0.3) is 0 Å². The number of rotatable bonds is 9. The lowest BCUT2D eigenvalue weighted by Crippen LogP contribution is -2.47. The Morgan fingerprint density at radius 3 is 2.62 bits per heavy atom. The van der Waals surface area contributed by atoms with E-state index in [0.29, 0.717) is 38.3 Å². The van der Waals surface area contributed by atoms with Gasteiger partial charge < -0.3 is 25.2 Å². The predicted molar refractivity (Wildman–Crippen MR) is 85.4 cm³/mol. The van der Waals surface area contributed by atoms with E-state index >= 15 is 0 Å². The molecule has 0 aromatic carbocycles. The van der Waals surface area contributed by atoms with Crippen molar-refractivity contribution < 1.29 is 14.9 Å². The van der Waals surface area contributed by atoms with Crippen LogP contribution in [0.5, 0.6) is 0 Å². The second-order valence-corrected chi connectivity index (χ2v) is 7.15. The molecule has 0 heterocycles. The summed E-state index contributed by atoms with van der Waals surface area (Å²) in [5, 5.41) is 23.2. The number of aliphatic hydroxyl groups excluding tert-OH is 1. The van der Waals surface area contributed by atoms with Crippen LogP contribution in [0.15, 0.2) is 0 Å². The van der Waals surface area contributed by atoms with Crippen molar-refractivity contribution in [1.82, 2.24) is 10.2 Å². The summed E-state index contributed by atoms with van der Waals surface area (Å²) in [6, 6.07) is 0. The van der Waals surface area contributed by atoms with Gasteiger partial charge in [0.1, 0.15) is 0 Å². The summed E-state index contributed by atoms with van der Waals surface area (Å²) >= 11 is 0. The summed E-state index contributed by atoms with van der Waals surface area (Å²) in [6.45, 7) is 5.90. The third-order valence-electron chi connectivity index (χ3n) is 4.08. The van der Waals surface area contributed by atoms with E-state index < -0.39 is 11.7 Å². The Labute approximate surface area is 129 Å². The Bertz CT molecular complexity index is 285. The fourth-order valence-corrected chi connectivity index (χ4v) is 3.07. The average molecular weight is 302 g/mol. The van der Waals surface area contributed by atoms with E-state index in [2.05, 4.69) is 12.2 Å². The molecule has 126 valence electrons. The molecule has 0 aromatic heterocycles. The Kier molecular flexibility index (Phi) is 8.13. The average Bonchev–Trinajstić information content (AvgIpc) is 2.36. The second kappa shape index (κ2) is 9.06. The summed E-state index contributed by atoms with van der Waals surface area (Å²) in [6.07, 6.45) is 4.65. The van der Waals surface area contributed by atoms with Gasteiger partial charge in [0.15, 0.2) is 0 Å². The molecule has 5 heteroatoms. The highest BCUT2D eigenvalue weighted by molar-refractivity contribution is 4.79. The molecule has 1 aliphatic rings. The first-order valence-corrected chi connectivity index (χ1v) is 8.17. The van der Waals surface area contributed by atoms with Crippen LogP contribution in [0, 0.1) is 5.92 Å². The molecule has 1 rings (SSSR count). The molecule has 1 aliphatic carbocycles. The summed E-state index contributed by atoms with van der Waals surface area (Å²) < 4.78 is 5.84. The third kappa shape index (κ3) is 8.12. The maximum atomic E-state index is 10.1. The lowest BCUT2D eigenvalue weighted by Gasteiger charge is -2.30. The number of nitrogens with one attached hydrogen (secondary N) is 1. The number of ether oxygens (including phenoxy) is 1. The molecule has 5 nitrogen and oxygen atoms in total. The lowest BCUT2D eigenvalue weighted by atomic mass is 9.88. The Balaban J connectivity index is 2.14. The van der Waals surface area contributed by atoms with Crippen molar-refractivity contribution >= 4 is 0 Å². The van der Waals surface area contributed by atoms with Gasteiger partial charge in [-0.2, -0.15) is 0 Å². The first-order chi connectivity index (χ1) is 9.80. The molecule has 0 bridgehead atoms. The van der Waals surface area contributed by atoms with Crippen molar-refractivity contribution in [2.75, 3.05) is 40.3 Å². The van der Waals surface area contributed by atoms with E-state index in [1.165, 1.54) is 19.3 Å². The largest absolute Gasteiger partial charge is 0.389 e. The fourth-order valence-electron chi connectivity index (χ4n) is 3.07. The number of aliphatic hydroxyl groups is 2. The van der Waals surface area contributed by atoms with E-state index in [0.717, 1.165) is 6.42 Å². The maximum absolute atomic E-state index is 10.1. The molecule has 0 aromatic rings. The Hall–Kier alpha value is -0.200. The molecular formula is C16H34N2O3. The molecule has 0 saturated heterocycles. The molecule has 4 atom stereocenters. The zero-order valence-electron chi connectivity index (χ0n) is 14.1. The maximum Gasteiger partial charge on any atom is 0.0897 e. The molecule has 1 saturated carbocycles. The Morgan fingerprint density at radius 2 is 2.00 bits per heavy atom. The first-order valence-electron chi connectivity index (χ1n) is 8.17. The van der Waals surface area contributed by atoms with Gasteiger partial charge in [-0.05, 0) is 39.8 Å². The van der Waals surface area contributed by atoms with Crippen molar-refractivity contribution in [3.05, 3.63) is 0 Å². The van der Waals surface area contributed by atoms with Crippen LogP contribution in [-0.4, -0.2) is 73.3 Å². The molecular weight excluding hydrogens is 268 g/mol. The molecule has 0 aliphatic heterocycles. The summed E-state index contributed by atoms with van der Waals surface area (Å²) in [5.41, 5.74) is -0.790. The number of nitrogens with zero attached hydrogens (tertiary/aromatic N) is 1.